The molecule has 0 amide bonds. The molecule has 3 aromatic rings. The molecule has 0 aliphatic rings. The van der Waals surface area contributed by atoms with Gasteiger partial charge in [-0.05, 0) is 36.1 Å². The summed E-state index contributed by atoms with van der Waals surface area (Å²) in [6, 6.07) is 16.3. The average molecular weight is 278 g/mol. The quantitative estimate of drug-likeness (QED) is 0.754. The lowest BCUT2D eigenvalue weighted by molar-refractivity contribution is 1.17. The lowest BCUT2D eigenvalue weighted by atomic mass is 10.0. The van der Waals surface area contributed by atoms with Crippen LogP contribution in [0.3, 0.4) is 0 Å². The Hall–Kier alpha value is -2.31. The van der Waals surface area contributed by atoms with E-state index in [2.05, 4.69) is 35.8 Å². The number of thiophene rings is 1. The lowest BCUT2D eigenvalue weighted by Gasteiger charge is -2.10. The van der Waals surface area contributed by atoms with Gasteiger partial charge in [-0.25, -0.2) is 0 Å². The van der Waals surface area contributed by atoms with E-state index >= 15 is 0 Å². The first-order valence-electron chi connectivity index (χ1n) is 6.48. The predicted octanol–water partition coefficient (Wildman–Crippen LogP) is 4.69. The van der Waals surface area contributed by atoms with Gasteiger partial charge in [0.05, 0.1) is 11.6 Å². The fourth-order valence-corrected chi connectivity index (χ4v) is 3.16. The smallest absolute Gasteiger partial charge is 0.0998 e. The summed E-state index contributed by atoms with van der Waals surface area (Å²) >= 11 is 1.77. The number of nitrogens with zero attached hydrogens (tertiary/aromatic N) is 1. The van der Waals surface area contributed by atoms with Crippen molar-refractivity contribution in [2.45, 2.75) is 13.5 Å². The highest BCUT2D eigenvalue weighted by atomic mass is 32.1. The zero-order valence-corrected chi connectivity index (χ0v) is 12.0. The summed E-state index contributed by atoms with van der Waals surface area (Å²) in [5.74, 6) is 0. The topological polar surface area (TPSA) is 35.8 Å². The molecule has 0 saturated heterocycles. The SMILES string of the molecule is Cc1ccsc1CNc1ccc(C#N)c2ccccc12. The Labute approximate surface area is 122 Å². The number of fused-ring (bicyclic) bond motifs is 1. The van der Waals surface area contributed by atoms with Crippen molar-refractivity contribution in [3.8, 4) is 6.07 Å². The summed E-state index contributed by atoms with van der Waals surface area (Å²) in [4.78, 5) is 1.35. The summed E-state index contributed by atoms with van der Waals surface area (Å²) in [5, 5.41) is 16.9. The van der Waals surface area contributed by atoms with Gasteiger partial charge in [-0.3, -0.25) is 0 Å². The van der Waals surface area contributed by atoms with Crippen molar-refractivity contribution in [3.05, 3.63) is 63.8 Å². The minimum absolute atomic E-state index is 0.721. The molecule has 0 spiro atoms. The maximum Gasteiger partial charge on any atom is 0.0998 e. The molecule has 1 N–H and O–H groups in total. The number of hydrogen-bond acceptors (Lipinski definition) is 3. The van der Waals surface area contributed by atoms with E-state index in [0.717, 1.165) is 28.6 Å². The first-order valence-corrected chi connectivity index (χ1v) is 7.36. The van der Waals surface area contributed by atoms with E-state index in [-0.39, 0.29) is 0 Å². The van der Waals surface area contributed by atoms with Crippen LogP contribution in [0.15, 0.2) is 47.8 Å². The summed E-state index contributed by atoms with van der Waals surface area (Å²) < 4.78 is 0. The van der Waals surface area contributed by atoms with Gasteiger partial charge in [-0.2, -0.15) is 5.26 Å². The molecule has 0 bridgehead atoms. The van der Waals surface area contributed by atoms with E-state index in [4.69, 9.17) is 0 Å². The van der Waals surface area contributed by atoms with Crippen LogP contribution in [0.5, 0.6) is 0 Å². The van der Waals surface area contributed by atoms with Crippen LogP contribution in [-0.4, -0.2) is 0 Å². The average Bonchev–Trinajstić information content (AvgIpc) is 2.90. The second kappa shape index (κ2) is 5.36. The summed E-state index contributed by atoms with van der Waals surface area (Å²) in [5.41, 5.74) is 3.12. The largest absolute Gasteiger partial charge is 0.380 e. The predicted molar refractivity (Wildman–Crippen MR) is 85.0 cm³/mol. The number of nitriles is 1. The molecule has 98 valence electrons. The third-order valence-electron chi connectivity index (χ3n) is 3.45. The third-order valence-corrected chi connectivity index (χ3v) is 4.48. The number of benzene rings is 2. The Kier molecular flexibility index (Phi) is 3.41. The Bertz CT molecular complexity index is 796. The van der Waals surface area contributed by atoms with Crippen LogP contribution in [0, 0.1) is 18.3 Å². The standard InChI is InChI=1S/C17H14N2S/c1-12-8-9-20-17(12)11-19-16-7-6-13(10-18)14-4-2-3-5-15(14)16/h2-9,19H,11H2,1H3. The van der Waals surface area contributed by atoms with Gasteiger partial charge in [0.15, 0.2) is 0 Å². The number of rotatable bonds is 3. The summed E-state index contributed by atoms with van der Waals surface area (Å²) in [7, 11) is 0. The van der Waals surface area contributed by atoms with E-state index < -0.39 is 0 Å². The monoisotopic (exact) mass is 278 g/mol. The van der Waals surface area contributed by atoms with Crippen molar-refractivity contribution in [2.24, 2.45) is 0 Å². The van der Waals surface area contributed by atoms with E-state index in [1.54, 1.807) is 11.3 Å². The Morgan fingerprint density at radius 2 is 1.90 bits per heavy atom. The fourth-order valence-electron chi connectivity index (χ4n) is 2.31. The summed E-state index contributed by atoms with van der Waals surface area (Å²) in [6.07, 6.45) is 0. The van der Waals surface area contributed by atoms with Crippen LogP contribution in [0.25, 0.3) is 10.8 Å². The van der Waals surface area contributed by atoms with E-state index in [1.807, 2.05) is 30.3 Å². The molecule has 1 aromatic heterocycles. The van der Waals surface area contributed by atoms with Crippen LogP contribution >= 0.6 is 11.3 Å². The van der Waals surface area contributed by atoms with Crippen LogP contribution in [-0.2, 0) is 6.54 Å². The third kappa shape index (κ3) is 2.26. The van der Waals surface area contributed by atoms with Crippen molar-refractivity contribution >= 4 is 27.8 Å². The van der Waals surface area contributed by atoms with E-state index in [9.17, 15) is 5.26 Å². The first-order chi connectivity index (χ1) is 9.79. The molecule has 0 atom stereocenters. The van der Waals surface area contributed by atoms with E-state index in [1.165, 1.54) is 10.4 Å². The van der Waals surface area contributed by atoms with Gasteiger partial charge in [0.2, 0.25) is 0 Å². The van der Waals surface area contributed by atoms with Crippen molar-refractivity contribution < 1.29 is 0 Å². The molecule has 0 aliphatic carbocycles. The van der Waals surface area contributed by atoms with Gasteiger partial charge < -0.3 is 5.32 Å². The molecule has 0 fully saturated rings. The number of aryl methyl sites for hydroxylation is 1. The van der Waals surface area contributed by atoms with Gasteiger partial charge in [-0.1, -0.05) is 24.3 Å². The van der Waals surface area contributed by atoms with Gasteiger partial charge in [0, 0.05) is 27.9 Å². The van der Waals surface area contributed by atoms with Crippen molar-refractivity contribution in [1.29, 1.82) is 5.26 Å². The molecule has 0 aliphatic heterocycles. The molecule has 3 rings (SSSR count). The van der Waals surface area contributed by atoms with Gasteiger partial charge in [0.1, 0.15) is 0 Å². The van der Waals surface area contributed by atoms with E-state index in [0.29, 0.717) is 0 Å². The normalized spacial score (nSPS) is 10.4. The Morgan fingerprint density at radius 3 is 2.60 bits per heavy atom. The van der Waals surface area contributed by atoms with Gasteiger partial charge in [-0.15, -0.1) is 11.3 Å². The molecule has 2 nitrogen and oxygen atoms in total. The van der Waals surface area contributed by atoms with Gasteiger partial charge in [0.25, 0.3) is 0 Å². The minimum Gasteiger partial charge on any atom is -0.380 e. The second-order valence-corrected chi connectivity index (χ2v) is 5.70. The zero-order chi connectivity index (χ0) is 13.9. The highest BCUT2D eigenvalue weighted by molar-refractivity contribution is 7.10. The zero-order valence-electron chi connectivity index (χ0n) is 11.2. The maximum atomic E-state index is 9.17. The first kappa shape index (κ1) is 12.7. The molecular weight excluding hydrogens is 264 g/mol. The molecule has 2 aromatic carbocycles. The number of hydrogen-bond donors (Lipinski definition) is 1. The van der Waals surface area contributed by atoms with Crippen LogP contribution in [0.2, 0.25) is 0 Å². The van der Waals surface area contributed by atoms with Crippen molar-refractivity contribution in [3.63, 3.8) is 0 Å². The molecule has 0 saturated carbocycles. The number of nitrogens with one attached hydrogen (secondary N) is 1. The fraction of sp³-hybridized carbons (Fsp3) is 0.118. The molecular formula is C17H14N2S. The summed E-state index contributed by atoms with van der Waals surface area (Å²) in [6.45, 7) is 2.95. The highest BCUT2D eigenvalue weighted by Crippen LogP contribution is 2.27. The lowest BCUT2D eigenvalue weighted by Crippen LogP contribution is -1.99. The molecule has 3 heteroatoms. The Morgan fingerprint density at radius 1 is 1.10 bits per heavy atom. The molecule has 20 heavy (non-hydrogen) atoms. The minimum atomic E-state index is 0.721. The van der Waals surface area contributed by atoms with Crippen LogP contribution in [0.1, 0.15) is 16.0 Å². The maximum absolute atomic E-state index is 9.17. The van der Waals surface area contributed by atoms with Crippen LogP contribution < -0.4 is 5.32 Å². The highest BCUT2D eigenvalue weighted by Gasteiger charge is 2.06. The molecule has 0 unspecified atom stereocenters. The number of anilines is 1. The van der Waals surface area contributed by atoms with Gasteiger partial charge >= 0.3 is 0 Å². The second-order valence-electron chi connectivity index (χ2n) is 4.70. The Balaban J connectivity index is 1.97. The molecule has 0 radical (unpaired) electrons. The molecule has 1 heterocycles. The van der Waals surface area contributed by atoms with Crippen molar-refractivity contribution in [2.75, 3.05) is 5.32 Å². The van der Waals surface area contributed by atoms with Crippen LogP contribution in [0.4, 0.5) is 5.69 Å². The van der Waals surface area contributed by atoms with Crippen molar-refractivity contribution in [1.82, 2.24) is 0 Å².